The van der Waals surface area contributed by atoms with Crippen LogP contribution in [-0.4, -0.2) is 22.4 Å². The Hall–Kier alpha value is -3.20. The Morgan fingerprint density at radius 3 is 3.05 bits per heavy atom. The third-order valence-electron chi connectivity index (χ3n) is 2.54. The minimum absolute atomic E-state index is 0.255. The molecule has 0 aliphatic carbocycles. The van der Waals surface area contributed by atoms with Gasteiger partial charge in [0.15, 0.2) is 0 Å². The van der Waals surface area contributed by atoms with E-state index in [9.17, 15) is 4.79 Å². The lowest BCUT2D eigenvalue weighted by atomic mass is 10.2. The molecule has 0 aliphatic rings. The van der Waals surface area contributed by atoms with E-state index in [1.165, 1.54) is 12.3 Å². The molecule has 6 nitrogen and oxygen atoms in total. The van der Waals surface area contributed by atoms with E-state index in [-0.39, 0.29) is 17.5 Å². The Balaban J connectivity index is 2.15. The van der Waals surface area contributed by atoms with Gasteiger partial charge in [0.05, 0.1) is 11.6 Å². The monoisotopic (exact) mass is 279 g/mol. The number of hydrogen-bond acceptors (Lipinski definition) is 5. The van der Waals surface area contributed by atoms with Gasteiger partial charge in [0, 0.05) is 18.4 Å². The smallest absolute Gasteiger partial charge is 0.270 e. The van der Waals surface area contributed by atoms with Gasteiger partial charge in [0.1, 0.15) is 5.69 Å². The first-order valence-electron chi connectivity index (χ1n) is 6.22. The fraction of sp³-hybridized carbons (Fsp3) is 0.0667. The second-order valence-electron chi connectivity index (χ2n) is 4.08. The van der Waals surface area contributed by atoms with Crippen molar-refractivity contribution in [2.75, 3.05) is 11.9 Å². The number of hydrogen-bond donors (Lipinski definition) is 2. The molecular formula is C15H13N5O. The molecule has 0 bridgehead atoms. The van der Waals surface area contributed by atoms with Gasteiger partial charge in [0.2, 0.25) is 5.95 Å². The Labute approximate surface area is 122 Å². The number of carbonyl (C=O) groups is 1. The van der Waals surface area contributed by atoms with Crippen LogP contribution >= 0.6 is 0 Å². The summed E-state index contributed by atoms with van der Waals surface area (Å²) < 4.78 is 0. The van der Waals surface area contributed by atoms with E-state index in [1.807, 2.05) is 0 Å². The van der Waals surface area contributed by atoms with Gasteiger partial charge in [-0.1, -0.05) is 12.1 Å². The number of benzene rings is 1. The standard InChI is InChI=1S/C15H13N5O/c1-2-7-17-14(21)13-6-8-18-15(20-13)19-12-5-3-4-11(9-12)10-16/h2-6,8-9H,1,7H2,(H,17,21)(H,18,19,20). The molecule has 0 unspecified atom stereocenters. The molecule has 1 aromatic carbocycles. The van der Waals surface area contributed by atoms with Gasteiger partial charge in [-0.25, -0.2) is 9.97 Å². The topological polar surface area (TPSA) is 90.7 Å². The van der Waals surface area contributed by atoms with Gasteiger partial charge < -0.3 is 10.6 Å². The molecular weight excluding hydrogens is 266 g/mol. The molecule has 0 saturated heterocycles. The third-order valence-corrected chi connectivity index (χ3v) is 2.54. The van der Waals surface area contributed by atoms with Crippen LogP contribution in [0.5, 0.6) is 0 Å². The molecule has 1 aromatic heterocycles. The number of aromatic nitrogens is 2. The average molecular weight is 279 g/mol. The summed E-state index contributed by atoms with van der Waals surface area (Å²) in [5.41, 5.74) is 1.46. The van der Waals surface area contributed by atoms with E-state index in [0.717, 1.165) is 0 Å². The SMILES string of the molecule is C=CCNC(=O)c1ccnc(Nc2cccc(C#N)c2)n1. The summed E-state index contributed by atoms with van der Waals surface area (Å²) in [6.07, 6.45) is 3.08. The van der Waals surface area contributed by atoms with Crippen LogP contribution < -0.4 is 10.6 Å². The number of nitrogens with zero attached hydrogens (tertiary/aromatic N) is 3. The summed E-state index contributed by atoms with van der Waals surface area (Å²) in [5, 5.41) is 14.5. The quantitative estimate of drug-likeness (QED) is 0.817. The third kappa shape index (κ3) is 3.88. The molecule has 0 fully saturated rings. The van der Waals surface area contributed by atoms with E-state index < -0.39 is 0 Å². The van der Waals surface area contributed by atoms with Crippen molar-refractivity contribution in [1.29, 1.82) is 5.26 Å². The largest absolute Gasteiger partial charge is 0.347 e. The Kier molecular flexibility index (Phi) is 4.62. The van der Waals surface area contributed by atoms with Crippen LogP contribution in [0.25, 0.3) is 0 Å². The number of rotatable bonds is 5. The van der Waals surface area contributed by atoms with Crippen molar-refractivity contribution in [2.45, 2.75) is 0 Å². The maximum absolute atomic E-state index is 11.8. The zero-order chi connectivity index (χ0) is 15.1. The highest BCUT2D eigenvalue weighted by atomic mass is 16.1. The van der Waals surface area contributed by atoms with Crippen LogP contribution in [0.4, 0.5) is 11.6 Å². The normalized spacial score (nSPS) is 9.48. The van der Waals surface area contributed by atoms with Crippen molar-refractivity contribution >= 4 is 17.5 Å². The molecule has 0 spiro atoms. The lowest BCUT2D eigenvalue weighted by Crippen LogP contribution is -2.24. The number of amides is 1. The lowest BCUT2D eigenvalue weighted by molar-refractivity contribution is 0.0953. The molecule has 104 valence electrons. The predicted molar refractivity (Wildman–Crippen MR) is 79.0 cm³/mol. The summed E-state index contributed by atoms with van der Waals surface area (Å²) in [5.74, 6) is -0.0116. The zero-order valence-corrected chi connectivity index (χ0v) is 11.2. The maximum Gasteiger partial charge on any atom is 0.270 e. The van der Waals surface area contributed by atoms with E-state index >= 15 is 0 Å². The summed E-state index contributed by atoms with van der Waals surface area (Å²) in [7, 11) is 0. The first-order valence-corrected chi connectivity index (χ1v) is 6.22. The molecule has 1 amide bonds. The van der Waals surface area contributed by atoms with Crippen LogP contribution in [0.1, 0.15) is 16.1 Å². The van der Waals surface area contributed by atoms with Crippen molar-refractivity contribution in [3.63, 3.8) is 0 Å². The van der Waals surface area contributed by atoms with Crippen molar-refractivity contribution in [1.82, 2.24) is 15.3 Å². The predicted octanol–water partition coefficient (Wildman–Crippen LogP) is 2.01. The molecule has 2 rings (SSSR count). The number of nitrogens with one attached hydrogen (secondary N) is 2. The van der Waals surface area contributed by atoms with Crippen molar-refractivity contribution in [3.05, 3.63) is 60.4 Å². The van der Waals surface area contributed by atoms with Gasteiger partial charge in [-0.05, 0) is 24.3 Å². The average Bonchev–Trinajstić information content (AvgIpc) is 2.53. The Morgan fingerprint density at radius 2 is 2.29 bits per heavy atom. The summed E-state index contributed by atoms with van der Waals surface area (Å²) in [6, 6.07) is 10.5. The molecule has 0 atom stereocenters. The molecule has 0 aliphatic heterocycles. The van der Waals surface area contributed by atoms with Gasteiger partial charge in [-0.2, -0.15) is 5.26 Å². The van der Waals surface area contributed by atoms with E-state index in [0.29, 0.717) is 17.8 Å². The maximum atomic E-state index is 11.8. The van der Waals surface area contributed by atoms with Crippen LogP contribution in [0.15, 0.2) is 49.2 Å². The van der Waals surface area contributed by atoms with Crippen LogP contribution in [0, 0.1) is 11.3 Å². The Morgan fingerprint density at radius 1 is 1.43 bits per heavy atom. The molecule has 0 radical (unpaired) electrons. The van der Waals surface area contributed by atoms with Gasteiger partial charge in [-0.15, -0.1) is 6.58 Å². The van der Waals surface area contributed by atoms with E-state index in [4.69, 9.17) is 5.26 Å². The Bertz CT molecular complexity index is 705. The first-order chi connectivity index (χ1) is 10.2. The van der Waals surface area contributed by atoms with Gasteiger partial charge in [-0.3, -0.25) is 4.79 Å². The molecule has 2 N–H and O–H groups in total. The first kappa shape index (κ1) is 14.2. The molecule has 21 heavy (non-hydrogen) atoms. The van der Waals surface area contributed by atoms with E-state index in [1.54, 1.807) is 30.3 Å². The molecule has 1 heterocycles. The van der Waals surface area contributed by atoms with Gasteiger partial charge >= 0.3 is 0 Å². The highest BCUT2D eigenvalue weighted by Crippen LogP contribution is 2.14. The fourth-order valence-electron chi connectivity index (χ4n) is 1.60. The summed E-state index contributed by atoms with van der Waals surface area (Å²) in [4.78, 5) is 20.0. The van der Waals surface area contributed by atoms with Crippen molar-refractivity contribution < 1.29 is 4.79 Å². The highest BCUT2D eigenvalue weighted by molar-refractivity contribution is 5.92. The minimum atomic E-state index is -0.300. The fourth-order valence-corrected chi connectivity index (χ4v) is 1.60. The van der Waals surface area contributed by atoms with Gasteiger partial charge in [0.25, 0.3) is 5.91 Å². The molecule has 2 aromatic rings. The van der Waals surface area contributed by atoms with E-state index in [2.05, 4.69) is 33.2 Å². The molecule has 6 heteroatoms. The second-order valence-corrected chi connectivity index (χ2v) is 4.08. The second kappa shape index (κ2) is 6.82. The van der Waals surface area contributed by atoms with Crippen molar-refractivity contribution in [3.8, 4) is 6.07 Å². The number of anilines is 2. The number of nitriles is 1. The number of carbonyl (C=O) groups excluding carboxylic acids is 1. The highest BCUT2D eigenvalue weighted by Gasteiger charge is 2.07. The van der Waals surface area contributed by atoms with Crippen molar-refractivity contribution in [2.24, 2.45) is 0 Å². The van der Waals surface area contributed by atoms with Crippen LogP contribution in [0.3, 0.4) is 0 Å². The molecule has 0 saturated carbocycles. The van der Waals surface area contributed by atoms with Crippen LogP contribution in [0.2, 0.25) is 0 Å². The van der Waals surface area contributed by atoms with Crippen LogP contribution in [-0.2, 0) is 0 Å². The summed E-state index contributed by atoms with van der Waals surface area (Å²) >= 11 is 0. The zero-order valence-electron chi connectivity index (χ0n) is 11.2. The summed E-state index contributed by atoms with van der Waals surface area (Å²) in [6.45, 7) is 3.90. The minimum Gasteiger partial charge on any atom is -0.347 e. The lowest BCUT2D eigenvalue weighted by Gasteiger charge is -2.06.